The third kappa shape index (κ3) is 5.12. The van der Waals surface area contributed by atoms with Crippen molar-refractivity contribution in [2.45, 2.75) is 23.8 Å². The Morgan fingerprint density at radius 2 is 2.10 bits per heavy atom. The van der Waals surface area contributed by atoms with Crippen LogP contribution in [0.25, 0.3) is 10.6 Å². The van der Waals surface area contributed by atoms with E-state index in [0.717, 1.165) is 5.56 Å². The first-order chi connectivity index (χ1) is 14.0. The Labute approximate surface area is 174 Å². The predicted molar refractivity (Wildman–Crippen MR) is 112 cm³/mol. The van der Waals surface area contributed by atoms with Crippen LogP contribution in [0.15, 0.2) is 40.4 Å². The highest BCUT2D eigenvalue weighted by Gasteiger charge is 2.21. The summed E-state index contributed by atoms with van der Waals surface area (Å²) in [6, 6.07) is 6.69. The summed E-state index contributed by atoms with van der Waals surface area (Å²) in [7, 11) is 3.15. The molecule has 1 atom stereocenters. The van der Waals surface area contributed by atoms with Gasteiger partial charge in [-0.3, -0.25) is 14.9 Å². The number of hydrogen-bond acceptors (Lipinski definition) is 9. The fourth-order valence-corrected chi connectivity index (χ4v) is 4.07. The molecule has 2 aromatic heterocycles. The molecule has 0 bridgehead atoms. The number of aromatic amines is 1. The lowest BCUT2D eigenvalue weighted by Gasteiger charge is -2.12. The molecule has 0 radical (unpaired) electrons. The van der Waals surface area contributed by atoms with Crippen molar-refractivity contribution in [2.24, 2.45) is 0 Å². The van der Waals surface area contributed by atoms with E-state index in [1.807, 2.05) is 6.92 Å². The molecule has 0 saturated carbocycles. The van der Waals surface area contributed by atoms with Gasteiger partial charge in [-0.2, -0.15) is 0 Å². The van der Waals surface area contributed by atoms with Crippen LogP contribution in [0.4, 0.5) is 5.13 Å². The fraction of sp³-hybridized carbons (Fsp3) is 0.278. The Hall–Kier alpha value is -2.92. The van der Waals surface area contributed by atoms with Gasteiger partial charge in [0.2, 0.25) is 11.0 Å². The van der Waals surface area contributed by atoms with Gasteiger partial charge in [0.05, 0.1) is 25.0 Å². The highest BCUT2D eigenvalue weighted by molar-refractivity contribution is 8.00. The molecule has 0 aliphatic heterocycles. The van der Waals surface area contributed by atoms with E-state index in [2.05, 4.69) is 25.5 Å². The Balaban J connectivity index is 1.75. The molecular weight excluding hydrogens is 414 g/mol. The van der Waals surface area contributed by atoms with E-state index in [4.69, 9.17) is 9.47 Å². The van der Waals surface area contributed by atoms with E-state index in [1.54, 1.807) is 32.4 Å². The van der Waals surface area contributed by atoms with E-state index in [0.29, 0.717) is 33.2 Å². The van der Waals surface area contributed by atoms with Crippen LogP contribution in [0.1, 0.15) is 13.3 Å². The lowest BCUT2D eigenvalue weighted by atomic mass is 10.2. The quantitative estimate of drug-likeness (QED) is 0.411. The van der Waals surface area contributed by atoms with Gasteiger partial charge in [0, 0.05) is 12.3 Å². The third-order valence-electron chi connectivity index (χ3n) is 3.86. The largest absolute Gasteiger partial charge is 0.497 e. The number of hydrogen-bond donors (Lipinski definition) is 2. The number of nitrogens with zero attached hydrogens (tertiary/aromatic N) is 3. The highest BCUT2D eigenvalue weighted by Crippen LogP contribution is 2.36. The zero-order valence-electron chi connectivity index (χ0n) is 16.0. The second-order valence-electron chi connectivity index (χ2n) is 5.72. The van der Waals surface area contributed by atoms with Gasteiger partial charge in [-0.1, -0.05) is 30.0 Å². The monoisotopic (exact) mass is 433 g/mol. The smallest absolute Gasteiger partial charge is 0.251 e. The van der Waals surface area contributed by atoms with Crippen molar-refractivity contribution in [3.63, 3.8) is 0 Å². The first kappa shape index (κ1) is 20.8. The molecule has 29 heavy (non-hydrogen) atoms. The molecule has 3 rings (SSSR count). The molecule has 0 saturated heterocycles. The van der Waals surface area contributed by atoms with Gasteiger partial charge in [0.15, 0.2) is 10.2 Å². The number of carbonyl (C=O) groups is 1. The van der Waals surface area contributed by atoms with Gasteiger partial charge in [-0.15, -0.1) is 10.2 Å². The van der Waals surface area contributed by atoms with Crippen molar-refractivity contribution in [3.05, 3.63) is 40.8 Å². The van der Waals surface area contributed by atoms with E-state index < -0.39 is 5.25 Å². The molecule has 152 valence electrons. The second-order valence-corrected chi connectivity index (χ2v) is 7.89. The Morgan fingerprint density at radius 1 is 1.28 bits per heavy atom. The van der Waals surface area contributed by atoms with Crippen LogP contribution in [0.3, 0.4) is 0 Å². The van der Waals surface area contributed by atoms with Crippen molar-refractivity contribution in [3.8, 4) is 22.1 Å². The first-order valence-corrected chi connectivity index (χ1v) is 10.3. The molecule has 1 unspecified atom stereocenters. The second kappa shape index (κ2) is 9.52. The maximum atomic E-state index is 12.6. The molecular formula is C18H19N5O4S2. The van der Waals surface area contributed by atoms with Crippen molar-refractivity contribution in [1.82, 2.24) is 20.2 Å². The lowest BCUT2D eigenvalue weighted by molar-refractivity contribution is -0.115. The van der Waals surface area contributed by atoms with Crippen LogP contribution in [0, 0.1) is 0 Å². The Morgan fingerprint density at radius 3 is 2.79 bits per heavy atom. The number of nitrogens with one attached hydrogen (secondary N) is 2. The fourth-order valence-electron chi connectivity index (χ4n) is 2.42. The molecule has 2 N–H and O–H groups in total. The number of H-pyrrole nitrogens is 1. The summed E-state index contributed by atoms with van der Waals surface area (Å²) in [4.78, 5) is 30.7. The molecule has 1 aromatic carbocycles. The van der Waals surface area contributed by atoms with E-state index in [-0.39, 0.29) is 11.5 Å². The summed E-state index contributed by atoms with van der Waals surface area (Å²) in [5.74, 6) is 1.04. The number of methoxy groups -OCH3 is 2. The van der Waals surface area contributed by atoms with Crippen LogP contribution < -0.4 is 20.3 Å². The average Bonchev–Trinajstić information content (AvgIpc) is 3.19. The maximum absolute atomic E-state index is 12.6. The van der Waals surface area contributed by atoms with Crippen LogP contribution >= 0.6 is 23.1 Å². The summed E-state index contributed by atoms with van der Waals surface area (Å²) in [6.45, 7) is 1.88. The molecule has 2 heterocycles. The van der Waals surface area contributed by atoms with Crippen LogP contribution in [0.5, 0.6) is 11.5 Å². The topological polar surface area (TPSA) is 119 Å². The molecule has 0 fully saturated rings. The Bertz CT molecular complexity index is 1050. The molecule has 3 aromatic rings. The first-order valence-electron chi connectivity index (χ1n) is 8.62. The Kier molecular flexibility index (Phi) is 6.83. The molecule has 0 aliphatic carbocycles. The zero-order valence-corrected chi connectivity index (χ0v) is 17.6. The molecule has 0 aliphatic rings. The van der Waals surface area contributed by atoms with Crippen molar-refractivity contribution < 1.29 is 14.3 Å². The number of benzene rings is 1. The van der Waals surface area contributed by atoms with Crippen molar-refractivity contribution in [1.29, 1.82) is 0 Å². The number of rotatable bonds is 8. The number of carbonyl (C=O) groups excluding carboxylic acids is 1. The van der Waals surface area contributed by atoms with Crippen molar-refractivity contribution >= 4 is 34.1 Å². The van der Waals surface area contributed by atoms with Gasteiger partial charge < -0.3 is 14.5 Å². The zero-order chi connectivity index (χ0) is 20.8. The van der Waals surface area contributed by atoms with Gasteiger partial charge >= 0.3 is 0 Å². The van der Waals surface area contributed by atoms with Crippen LogP contribution in [-0.2, 0) is 4.79 Å². The molecule has 0 spiro atoms. The predicted octanol–water partition coefficient (Wildman–Crippen LogP) is 2.82. The normalized spacial score (nSPS) is 11.7. The molecule has 9 nitrogen and oxygen atoms in total. The standard InChI is InChI=1S/C18H19N5O4S2/c1-4-13(28-17-19-8-7-14(24)20-17)15(25)21-18-23-22-16(29-18)11-9-10(26-2)5-6-12(11)27-3/h5-9,13H,4H2,1-3H3,(H,19,20,24)(H,21,23,25). The summed E-state index contributed by atoms with van der Waals surface area (Å²) in [5.41, 5.74) is 0.455. The van der Waals surface area contributed by atoms with Gasteiger partial charge in [-0.25, -0.2) is 4.98 Å². The van der Waals surface area contributed by atoms with Crippen LogP contribution in [-0.4, -0.2) is 45.5 Å². The average molecular weight is 434 g/mol. The summed E-state index contributed by atoms with van der Waals surface area (Å²) in [5, 5.41) is 11.9. The number of ether oxygens (including phenoxy) is 2. The summed E-state index contributed by atoms with van der Waals surface area (Å²) >= 11 is 2.41. The van der Waals surface area contributed by atoms with Gasteiger partial charge in [-0.05, 0) is 24.6 Å². The minimum Gasteiger partial charge on any atom is -0.497 e. The van der Waals surface area contributed by atoms with E-state index >= 15 is 0 Å². The van der Waals surface area contributed by atoms with Crippen LogP contribution in [0.2, 0.25) is 0 Å². The molecule has 1 amide bonds. The maximum Gasteiger partial charge on any atom is 0.251 e. The number of amides is 1. The minimum absolute atomic E-state index is 0.246. The summed E-state index contributed by atoms with van der Waals surface area (Å²) < 4.78 is 10.6. The number of anilines is 1. The minimum atomic E-state index is -0.445. The van der Waals surface area contributed by atoms with E-state index in [9.17, 15) is 9.59 Å². The van der Waals surface area contributed by atoms with Crippen molar-refractivity contribution in [2.75, 3.05) is 19.5 Å². The lowest BCUT2D eigenvalue weighted by Crippen LogP contribution is -2.25. The number of thioether (sulfide) groups is 1. The van der Waals surface area contributed by atoms with Gasteiger partial charge in [0.1, 0.15) is 11.5 Å². The van der Waals surface area contributed by atoms with Gasteiger partial charge in [0.25, 0.3) is 5.56 Å². The number of aromatic nitrogens is 4. The highest BCUT2D eigenvalue weighted by atomic mass is 32.2. The molecule has 11 heteroatoms. The SMILES string of the molecule is CCC(Sc1nccc(=O)[nH]1)C(=O)Nc1nnc(-c2cc(OC)ccc2OC)s1. The third-order valence-corrected chi connectivity index (χ3v) is 5.99. The van der Waals surface area contributed by atoms with E-state index in [1.165, 1.54) is 35.4 Å². The summed E-state index contributed by atoms with van der Waals surface area (Å²) in [6.07, 6.45) is 1.95.